The smallest absolute Gasteiger partial charge is 0.191 e. The summed E-state index contributed by atoms with van der Waals surface area (Å²) in [6, 6.07) is 0. The Hall–Kier alpha value is -0.0800. The van der Waals surface area contributed by atoms with Crippen molar-refractivity contribution in [2.45, 2.75) is 47.1 Å². The van der Waals surface area contributed by atoms with Crippen LogP contribution in [-0.4, -0.2) is 52.5 Å². The number of hydrogen-bond donors (Lipinski definition) is 2. The average molecular weight is 429 g/mol. The third kappa shape index (κ3) is 12.5. The molecule has 0 aliphatic rings. The Morgan fingerprint density at radius 2 is 1.82 bits per heavy atom. The number of guanidine groups is 1. The van der Waals surface area contributed by atoms with Crippen molar-refractivity contribution in [3.05, 3.63) is 0 Å². The number of aliphatic imine (C=N–C) groups is 1. The quantitative estimate of drug-likeness (QED) is 0.256. The Morgan fingerprint density at radius 1 is 1.18 bits per heavy atom. The number of halogens is 1. The molecule has 0 aromatic heterocycles. The van der Waals surface area contributed by atoms with Gasteiger partial charge in [0.25, 0.3) is 0 Å². The molecule has 2 N–H and O–H groups in total. The van der Waals surface area contributed by atoms with Crippen LogP contribution in [0.1, 0.15) is 41.0 Å². The van der Waals surface area contributed by atoms with Crippen LogP contribution in [0.25, 0.3) is 0 Å². The molecule has 0 bridgehead atoms. The molecule has 0 aliphatic carbocycles. The fourth-order valence-corrected chi connectivity index (χ4v) is 1.85. The molecule has 134 valence electrons. The van der Waals surface area contributed by atoms with Crippen molar-refractivity contribution < 1.29 is 9.47 Å². The summed E-state index contributed by atoms with van der Waals surface area (Å²) in [4.78, 5) is 4.22. The molecule has 0 aromatic carbocycles. The lowest BCUT2D eigenvalue weighted by Crippen LogP contribution is -2.45. The second-order valence-corrected chi connectivity index (χ2v) is 6.79. The lowest BCUT2D eigenvalue weighted by Gasteiger charge is -2.30. The van der Waals surface area contributed by atoms with Gasteiger partial charge in [-0.2, -0.15) is 0 Å². The predicted octanol–water partition coefficient (Wildman–Crippen LogP) is 2.89. The van der Waals surface area contributed by atoms with Crippen LogP contribution in [0.15, 0.2) is 4.99 Å². The molecule has 0 saturated heterocycles. The van der Waals surface area contributed by atoms with Gasteiger partial charge >= 0.3 is 0 Å². The summed E-state index contributed by atoms with van der Waals surface area (Å²) in [6.45, 7) is 14.0. The highest BCUT2D eigenvalue weighted by molar-refractivity contribution is 14.0. The molecule has 0 heterocycles. The Kier molecular flexibility index (Phi) is 14.7. The molecule has 0 saturated carbocycles. The summed E-state index contributed by atoms with van der Waals surface area (Å²) in [5, 5.41) is 6.60. The number of ether oxygens (including phenoxy) is 2. The molecule has 0 radical (unpaired) electrons. The molecule has 0 amide bonds. The van der Waals surface area contributed by atoms with E-state index in [1.807, 2.05) is 0 Å². The third-order valence-electron chi connectivity index (χ3n) is 3.14. The van der Waals surface area contributed by atoms with E-state index in [4.69, 9.17) is 9.47 Å². The van der Waals surface area contributed by atoms with Crippen LogP contribution in [-0.2, 0) is 9.47 Å². The van der Waals surface area contributed by atoms with Crippen molar-refractivity contribution in [1.82, 2.24) is 10.6 Å². The maximum Gasteiger partial charge on any atom is 0.191 e. The fraction of sp³-hybridized carbons (Fsp3) is 0.938. The van der Waals surface area contributed by atoms with Crippen LogP contribution in [0.3, 0.4) is 0 Å². The van der Waals surface area contributed by atoms with Crippen LogP contribution in [0, 0.1) is 11.3 Å². The highest BCUT2D eigenvalue weighted by Crippen LogP contribution is 2.20. The van der Waals surface area contributed by atoms with Gasteiger partial charge in [0.05, 0.1) is 6.10 Å². The van der Waals surface area contributed by atoms with Crippen LogP contribution >= 0.6 is 24.0 Å². The van der Waals surface area contributed by atoms with E-state index in [1.54, 1.807) is 14.2 Å². The minimum atomic E-state index is 0. The Labute approximate surface area is 154 Å². The molecular formula is C16H36IN3O2. The van der Waals surface area contributed by atoms with Crippen molar-refractivity contribution in [3.63, 3.8) is 0 Å². The van der Waals surface area contributed by atoms with Crippen molar-refractivity contribution in [1.29, 1.82) is 0 Å². The maximum absolute atomic E-state index is 5.55. The SMILES string of the molecule is CN=C(NCCCOCC(C)C)NCC(OC)C(C)(C)C.I. The van der Waals surface area contributed by atoms with E-state index in [0.29, 0.717) is 5.92 Å². The van der Waals surface area contributed by atoms with E-state index in [1.165, 1.54) is 0 Å². The number of nitrogens with zero attached hydrogens (tertiary/aromatic N) is 1. The Balaban J connectivity index is 0. The summed E-state index contributed by atoms with van der Waals surface area (Å²) in [5.41, 5.74) is 0.102. The molecule has 0 aromatic rings. The molecule has 22 heavy (non-hydrogen) atoms. The maximum atomic E-state index is 5.55. The molecule has 0 fully saturated rings. The van der Waals surface area contributed by atoms with Crippen LogP contribution in [0.4, 0.5) is 0 Å². The molecule has 1 unspecified atom stereocenters. The van der Waals surface area contributed by atoms with Gasteiger partial charge < -0.3 is 20.1 Å². The van der Waals surface area contributed by atoms with Crippen molar-refractivity contribution in [2.24, 2.45) is 16.3 Å². The monoisotopic (exact) mass is 429 g/mol. The van der Waals surface area contributed by atoms with Gasteiger partial charge in [-0.1, -0.05) is 34.6 Å². The second kappa shape index (κ2) is 13.4. The van der Waals surface area contributed by atoms with E-state index in [0.717, 1.165) is 38.7 Å². The highest BCUT2D eigenvalue weighted by atomic mass is 127. The van der Waals surface area contributed by atoms with Crippen LogP contribution in [0.5, 0.6) is 0 Å². The molecular weight excluding hydrogens is 393 g/mol. The Morgan fingerprint density at radius 3 is 2.27 bits per heavy atom. The molecule has 1 atom stereocenters. The second-order valence-electron chi connectivity index (χ2n) is 6.79. The summed E-state index contributed by atoms with van der Waals surface area (Å²) in [7, 11) is 3.53. The van der Waals surface area contributed by atoms with Crippen LogP contribution in [0.2, 0.25) is 0 Å². The first kappa shape index (κ1) is 24.2. The van der Waals surface area contributed by atoms with Gasteiger partial charge in [0.1, 0.15) is 0 Å². The third-order valence-corrected chi connectivity index (χ3v) is 3.14. The van der Waals surface area contributed by atoms with E-state index in [2.05, 4.69) is 50.2 Å². The van der Waals surface area contributed by atoms with E-state index in [-0.39, 0.29) is 35.5 Å². The zero-order valence-electron chi connectivity index (χ0n) is 15.4. The predicted molar refractivity (Wildman–Crippen MR) is 105 cm³/mol. The number of nitrogens with one attached hydrogen (secondary N) is 2. The van der Waals surface area contributed by atoms with E-state index in [9.17, 15) is 0 Å². The summed E-state index contributed by atoms with van der Waals surface area (Å²) in [5.74, 6) is 1.40. The number of methoxy groups -OCH3 is 1. The standard InChI is InChI=1S/C16H35N3O2.HI/c1-13(2)12-21-10-8-9-18-15(17-6)19-11-14(20-7)16(3,4)5;/h13-14H,8-12H2,1-7H3,(H2,17,18,19);1H. The Bertz CT molecular complexity index is 292. The van der Waals surface area contributed by atoms with Crippen LogP contribution < -0.4 is 10.6 Å². The topological polar surface area (TPSA) is 54.9 Å². The minimum absolute atomic E-state index is 0. The van der Waals surface area contributed by atoms with Gasteiger partial charge in [0.15, 0.2) is 5.96 Å². The molecule has 0 aliphatic heterocycles. The summed E-state index contributed by atoms with van der Waals surface area (Å²) in [6.07, 6.45) is 1.12. The molecule has 0 rings (SSSR count). The first-order valence-corrected chi connectivity index (χ1v) is 7.86. The zero-order valence-corrected chi connectivity index (χ0v) is 17.7. The molecule has 0 spiro atoms. The van der Waals surface area contributed by atoms with E-state index < -0.39 is 0 Å². The summed E-state index contributed by atoms with van der Waals surface area (Å²) < 4.78 is 11.1. The van der Waals surface area contributed by atoms with Gasteiger partial charge in [0.2, 0.25) is 0 Å². The summed E-state index contributed by atoms with van der Waals surface area (Å²) >= 11 is 0. The average Bonchev–Trinajstić information content (AvgIpc) is 2.39. The molecule has 5 nitrogen and oxygen atoms in total. The van der Waals surface area contributed by atoms with Crippen molar-refractivity contribution >= 4 is 29.9 Å². The van der Waals surface area contributed by atoms with Gasteiger partial charge in [-0.3, -0.25) is 4.99 Å². The minimum Gasteiger partial charge on any atom is -0.381 e. The van der Waals surface area contributed by atoms with Gasteiger partial charge in [-0.15, -0.1) is 24.0 Å². The first-order chi connectivity index (χ1) is 9.81. The number of rotatable bonds is 9. The van der Waals surface area contributed by atoms with Gasteiger partial charge in [0, 0.05) is 40.5 Å². The largest absolute Gasteiger partial charge is 0.381 e. The lowest BCUT2D eigenvalue weighted by atomic mass is 9.89. The van der Waals surface area contributed by atoms with Gasteiger partial charge in [-0.05, 0) is 17.8 Å². The molecule has 6 heteroatoms. The normalized spacial score (nSPS) is 13.7. The van der Waals surface area contributed by atoms with Crippen molar-refractivity contribution in [2.75, 3.05) is 40.5 Å². The van der Waals surface area contributed by atoms with Crippen molar-refractivity contribution in [3.8, 4) is 0 Å². The zero-order chi connectivity index (χ0) is 16.3. The fourth-order valence-electron chi connectivity index (χ4n) is 1.85. The van der Waals surface area contributed by atoms with Gasteiger partial charge in [-0.25, -0.2) is 0 Å². The number of hydrogen-bond acceptors (Lipinski definition) is 3. The van der Waals surface area contributed by atoms with E-state index >= 15 is 0 Å². The lowest BCUT2D eigenvalue weighted by molar-refractivity contribution is 0.0205. The highest BCUT2D eigenvalue weighted by Gasteiger charge is 2.24. The first-order valence-electron chi connectivity index (χ1n) is 7.86.